The lowest BCUT2D eigenvalue weighted by Gasteiger charge is -2.23. The number of amides is 1. The number of carbonyl (C=O) groups excluding carboxylic acids is 2. The number of unbranched alkanes of at least 4 members (excludes halogenated alkanes) is 6. The standard InChI is InChI=1S/C29H42N2O4.HI/c1-5-6-7-8-9-13-22-34-27-16-11-10-15-26(27)28(32)30-25-19-17-24(18-20-25)29(33)35-23-14-12-21-31(2,3)4;/h10-11,15-20H,5-9,12-14,21-23H2,1-4H3;1H. The van der Waals surface area contributed by atoms with Gasteiger partial charge in [0.25, 0.3) is 5.91 Å². The van der Waals surface area contributed by atoms with Gasteiger partial charge in [-0.15, -0.1) is 0 Å². The van der Waals surface area contributed by atoms with Crippen LogP contribution < -0.4 is 34.0 Å². The number of quaternary nitrogens is 1. The Bertz CT molecular complexity index is 910. The van der Waals surface area contributed by atoms with Crippen molar-refractivity contribution in [2.24, 2.45) is 0 Å². The second kappa shape index (κ2) is 17.3. The molecule has 0 aliphatic carbocycles. The number of rotatable bonds is 16. The van der Waals surface area contributed by atoms with E-state index in [-0.39, 0.29) is 35.9 Å². The molecule has 0 saturated carbocycles. The molecule has 0 unspecified atom stereocenters. The Balaban J connectivity index is 0.00000648. The van der Waals surface area contributed by atoms with E-state index in [0.717, 1.165) is 36.7 Å². The fourth-order valence-corrected chi connectivity index (χ4v) is 3.67. The quantitative estimate of drug-likeness (QED) is 0.137. The van der Waals surface area contributed by atoms with Crippen LogP contribution in [-0.2, 0) is 4.74 Å². The van der Waals surface area contributed by atoms with Crippen molar-refractivity contribution < 1.29 is 47.5 Å². The van der Waals surface area contributed by atoms with E-state index in [1.165, 1.54) is 25.7 Å². The van der Waals surface area contributed by atoms with Gasteiger partial charge in [-0.25, -0.2) is 4.79 Å². The Kier molecular flexibility index (Phi) is 15.4. The van der Waals surface area contributed by atoms with Gasteiger partial charge in [0, 0.05) is 5.69 Å². The number of carbonyl (C=O) groups is 2. The molecule has 7 heteroatoms. The average Bonchev–Trinajstić information content (AvgIpc) is 2.83. The summed E-state index contributed by atoms with van der Waals surface area (Å²) in [5, 5.41) is 2.89. The van der Waals surface area contributed by atoms with Gasteiger partial charge in [0.05, 0.1) is 52.0 Å². The molecule has 0 aliphatic heterocycles. The lowest BCUT2D eigenvalue weighted by atomic mass is 10.1. The minimum Gasteiger partial charge on any atom is -1.00 e. The van der Waals surface area contributed by atoms with Gasteiger partial charge < -0.3 is 43.3 Å². The van der Waals surface area contributed by atoms with Gasteiger partial charge >= 0.3 is 5.97 Å². The first kappa shape index (κ1) is 31.9. The first-order valence-corrected chi connectivity index (χ1v) is 12.9. The predicted molar refractivity (Wildman–Crippen MR) is 142 cm³/mol. The summed E-state index contributed by atoms with van der Waals surface area (Å²) in [4.78, 5) is 25.1. The highest BCUT2D eigenvalue weighted by Crippen LogP contribution is 2.21. The maximum atomic E-state index is 12.9. The van der Waals surface area contributed by atoms with Gasteiger partial charge in [-0.1, -0.05) is 51.2 Å². The Hall–Kier alpha value is -2.13. The highest BCUT2D eigenvalue weighted by Gasteiger charge is 2.14. The fourth-order valence-electron chi connectivity index (χ4n) is 3.67. The number of hydrogen-bond acceptors (Lipinski definition) is 4. The molecular formula is C29H43IN2O4. The molecule has 2 aromatic carbocycles. The summed E-state index contributed by atoms with van der Waals surface area (Å²) in [5.41, 5.74) is 1.58. The second-order valence-electron chi connectivity index (χ2n) is 10.0. The highest BCUT2D eigenvalue weighted by molar-refractivity contribution is 6.06. The van der Waals surface area contributed by atoms with Gasteiger partial charge in [0.2, 0.25) is 0 Å². The topological polar surface area (TPSA) is 64.6 Å². The van der Waals surface area contributed by atoms with E-state index >= 15 is 0 Å². The maximum Gasteiger partial charge on any atom is 0.338 e. The van der Waals surface area contributed by atoms with Crippen molar-refractivity contribution in [2.45, 2.75) is 58.3 Å². The third kappa shape index (κ3) is 12.7. The third-order valence-corrected chi connectivity index (χ3v) is 5.72. The molecule has 0 spiro atoms. The molecular weight excluding hydrogens is 567 g/mol. The van der Waals surface area contributed by atoms with Crippen LogP contribution in [0.3, 0.4) is 0 Å². The van der Waals surface area contributed by atoms with Crippen LogP contribution in [0.25, 0.3) is 0 Å². The SMILES string of the molecule is CCCCCCCCOc1ccccc1C(=O)Nc1ccc(C(=O)OCCCC[N+](C)(C)C)cc1.[I-]. The number of ether oxygens (including phenoxy) is 2. The molecule has 0 heterocycles. The largest absolute Gasteiger partial charge is 1.00 e. The molecule has 36 heavy (non-hydrogen) atoms. The Morgan fingerprint density at radius 3 is 2.14 bits per heavy atom. The van der Waals surface area contributed by atoms with E-state index < -0.39 is 0 Å². The molecule has 0 radical (unpaired) electrons. The van der Waals surface area contributed by atoms with Crippen molar-refractivity contribution >= 4 is 17.6 Å². The number of hydrogen-bond donors (Lipinski definition) is 1. The van der Waals surface area contributed by atoms with Crippen LogP contribution in [0.5, 0.6) is 5.75 Å². The summed E-state index contributed by atoms with van der Waals surface area (Å²) in [6.45, 7) is 4.26. The van der Waals surface area contributed by atoms with Crippen molar-refractivity contribution in [1.82, 2.24) is 0 Å². The molecule has 0 fully saturated rings. The monoisotopic (exact) mass is 610 g/mol. The lowest BCUT2D eigenvalue weighted by Crippen LogP contribution is -3.00. The van der Waals surface area contributed by atoms with Crippen LogP contribution in [-0.4, -0.2) is 57.3 Å². The molecule has 0 atom stereocenters. The van der Waals surface area contributed by atoms with Gasteiger partial charge in [-0.3, -0.25) is 4.79 Å². The van der Waals surface area contributed by atoms with Crippen LogP contribution >= 0.6 is 0 Å². The van der Waals surface area contributed by atoms with Crippen molar-refractivity contribution in [1.29, 1.82) is 0 Å². The van der Waals surface area contributed by atoms with Crippen molar-refractivity contribution in [3.63, 3.8) is 0 Å². The normalized spacial score (nSPS) is 10.9. The number of esters is 1. The van der Waals surface area contributed by atoms with Crippen LogP contribution in [0.4, 0.5) is 5.69 Å². The molecule has 2 rings (SSSR count). The zero-order chi connectivity index (χ0) is 25.5. The highest BCUT2D eigenvalue weighted by atomic mass is 127. The third-order valence-electron chi connectivity index (χ3n) is 5.72. The van der Waals surface area contributed by atoms with E-state index in [0.29, 0.717) is 35.8 Å². The van der Waals surface area contributed by atoms with Crippen LogP contribution in [0, 0.1) is 0 Å². The number of anilines is 1. The minimum absolute atomic E-state index is 0. The number of para-hydroxylation sites is 1. The van der Waals surface area contributed by atoms with Gasteiger partial charge in [-0.05, 0) is 55.7 Å². The summed E-state index contributed by atoms with van der Waals surface area (Å²) in [6, 6.07) is 14.1. The summed E-state index contributed by atoms with van der Waals surface area (Å²) in [5.74, 6) is 0.00158. The molecule has 1 amide bonds. The number of benzene rings is 2. The Morgan fingerprint density at radius 1 is 0.806 bits per heavy atom. The van der Waals surface area contributed by atoms with Crippen molar-refractivity contribution in [3.8, 4) is 5.75 Å². The second-order valence-corrected chi connectivity index (χ2v) is 10.0. The van der Waals surface area contributed by atoms with Gasteiger partial charge in [-0.2, -0.15) is 0 Å². The Morgan fingerprint density at radius 2 is 1.44 bits per heavy atom. The molecule has 0 bridgehead atoms. The van der Waals surface area contributed by atoms with E-state index in [2.05, 4.69) is 33.4 Å². The first-order valence-electron chi connectivity index (χ1n) is 12.9. The van der Waals surface area contributed by atoms with Crippen LogP contribution in [0.2, 0.25) is 0 Å². The number of nitrogens with one attached hydrogen (secondary N) is 1. The molecule has 2 aromatic rings. The molecule has 1 N–H and O–H groups in total. The van der Waals surface area contributed by atoms with Crippen LogP contribution in [0.15, 0.2) is 48.5 Å². The zero-order valence-corrected chi connectivity index (χ0v) is 24.5. The summed E-state index contributed by atoms with van der Waals surface area (Å²) < 4.78 is 12.2. The zero-order valence-electron chi connectivity index (χ0n) is 22.4. The van der Waals surface area contributed by atoms with Crippen molar-refractivity contribution in [3.05, 3.63) is 59.7 Å². The smallest absolute Gasteiger partial charge is 0.338 e. The minimum atomic E-state index is -0.346. The molecule has 0 saturated heterocycles. The fraction of sp³-hybridized carbons (Fsp3) is 0.517. The predicted octanol–water partition coefficient (Wildman–Crippen LogP) is 3.33. The van der Waals surface area contributed by atoms with Crippen molar-refractivity contribution in [2.75, 3.05) is 46.2 Å². The van der Waals surface area contributed by atoms with Gasteiger partial charge in [0.15, 0.2) is 0 Å². The summed E-state index contributed by atoms with van der Waals surface area (Å²) in [6.07, 6.45) is 8.97. The molecule has 0 aromatic heterocycles. The lowest BCUT2D eigenvalue weighted by molar-refractivity contribution is -0.870. The molecule has 200 valence electrons. The summed E-state index contributed by atoms with van der Waals surface area (Å²) in [7, 11) is 6.44. The molecule has 6 nitrogen and oxygen atoms in total. The van der Waals surface area contributed by atoms with Crippen LogP contribution in [0.1, 0.15) is 79.0 Å². The van der Waals surface area contributed by atoms with E-state index in [4.69, 9.17) is 9.47 Å². The molecule has 0 aliphatic rings. The van der Waals surface area contributed by atoms with E-state index in [9.17, 15) is 9.59 Å². The average molecular weight is 611 g/mol. The van der Waals surface area contributed by atoms with Gasteiger partial charge in [0.1, 0.15) is 5.75 Å². The summed E-state index contributed by atoms with van der Waals surface area (Å²) >= 11 is 0. The number of nitrogens with zero attached hydrogens (tertiary/aromatic N) is 1. The van der Waals surface area contributed by atoms with E-state index in [1.54, 1.807) is 30.3 Å². The maximum absolute atomic E-state index is 12.9. The first-order chi connectivity index (χ1) is 16.8. The Labute approximate surface area is 234 Å². The number of halogens is 1. The van der Waals surface area contributed by atoms with E-state index in [1.807, 2.05) is 18.2 Å².